The fourth-order valence-electron chi connectivity index (χ4n) is 1.79. The van der Waals surface area contributed by atoms with Crippen molar-refractivity contribution in [2.24, 2.45) is 0 Å². The van der Waals surface area contributed by atoms with Crippen LogP contribution in [0.25, 0.3) is 0 Å². The van der Waals surface area contributed by atoms with Gasteiger partial charge in [0, 0.05) is 11.6 Å². The number of aromatic nitrogens is 2. The van der Waals surface area contributed by atoms with E-state index in [1.807, 2.05) is 0 Å². The first-order valence-corrected chi connectivity index (χ1v) is 5.09. The van der Waals surface area contributed by atoms with E-state index in [0.29, 0.717) is 5.82 Å². The highest BCUT2D eigenvalue weighted by Gasteiger charge is 2.24. The Hall–Kier alpha value is -1.45. The van der Waals surface area contributed by atoms with Crippen LogP contribution in [0.15, 0.2) is 24.5 Å². The second-order valence-corrected chi connectivity index (χ2v) is 4.13. The molecule has 1 atom stereocenters. The van der Waals surface area contributed by atoms with Gasteiger partial charge in [-0.3, -0.25) is 0 Å². The van der Waals surface area contributed by atoms with Crippen molar-refractivity contribution in [2.75, 3.05) is 5.32 Å². The van der Waals surface area contributed by atoms with Gasteiger partial charge in [-0.15, -0.1) is 0 Å². The molecule has 1 unspecified atom stereocenters. The largest absolute Gasteiger partial charge is 0.364 e. The minimum Gasteiger partial charge on any atom is -0.364 e. The van der Waals surface area contributed by atoms with Crippen LogP contribution in [-0.4, -0.2) is 15.5 Å². The van der Waals surface area contributed by atoms with Crippen molar-refractivity contribution < 1.29 is 4.39 Å². The van der Waals surface area contributed by atoms with Gasteiger partial charge in [0.25, 0.3) is 0 Å². The molecule has 1 heterocycles. The van der Waals surface area contributed by atoms with E-state index in [2.05, 4.69) is 34.4 Å². The quantitative estimate of drug-likeness (QED) is 0.598. The van der Waals surface area contributed by atoms with Crippen LogP contribution in [0.4, 0.5) is 10.2 Å². The molecule has 0 saturated carbocycles. The molecule has 2 rings (SSSR count). The van der Waals surface area contributed by atoms with Crippen molar-refractivity contribution in [3.8, 4) is 0 Å². The number of nitrogens with zero attached hydrogens (tertiary/aromatic N) is 2. The van der Waals surface area contributed by atoms with E-state index < -0.39 is 5.95 Å². The summed E-state index contributed by atoms with van der Waals surface area (Å²) in [5.41, 5.74) is -0.0183. The standard InChI is InChI=1S/C11H14FN3/c1-11(5-3-2-4-6-11)15-10-7-9(12)13-8-14-10/h2-3,7-8H,4-6H2,1H3,(H,13,14,15). The van der Waals surface area contributed by atoms with Crippen molar-refractivity contribution in [3.63, 3.8) is 0 Å². The lowest BCUT2D eigenvalue weighted by atomic mass is 9.88. The third kappa shape index (κ3) is 2.52. The Morgan fingerprint density at radius 3 is 2.93 bits per heavy atom. The molecule has 1 aromatic rings. The zero-order valence-corrected chi connectivity index (χ0v) is 8.70. The van der Waals surface area contributed by atoms with Crippen LogP contribution in [0.5, 0.6) is 0 Å². The first-order valence-electron chi connectivity index (χ1n) is 5.09. The van der Waals surface area contributed by atoms with Crippen LogP contribution in [-0.2, 0) is 0 Å². The van der Waals surface area contributed by atoms with E-state index in [9.17, 15) is 4.39 Å². The fourth-order valence-corrected chi connectivity index (χ4v) is 1.79. The SMILES string of the molecule is CC1(Nc2cc(F)ncn2)CC=CCC1. The lowest BCUT2D eigenvalue weighted by molar-refractivity contribution is 0.463. The number of allylic oxidation sites excluding steroid dienone is 1. The second kappa shape index (κ2) is 3.96. The predicted octanol–water partition coefficient (Wildman–Crippen LogP) is 2.53. The molecular weight excluding hydrogens is 193 g/mol. The van der Waals surface area contributed by atoms with Gasteiger partial charge in [-0.25, -0.2) is 9.97 Å². The smallest absolute Gasteiger partial charge is 0.217 e. The molecule has 80 valence electrons. The summed E-state index contributed by atoms with van der Waals surface area (Å²) in [5, 5.41) is 3.26. The molecule has 0 saturated heterocycles. The van der Waals surface area contributed by atoms with Crippen LogP contribution in [0.3, 0.4) is 0 Å². The van der Waals surface area contributed by atoms with Crippen LogP contribution >= 0.6 is 0 Å². The van der Waals surface area contributed by atoms with Crippen LogP contribution in [0.1, 0.15) is 26.2 Å². The lowest BCUT2D eigenvalue weighted by Gasteiger charge is -2.32. The Bertz CT molecular complexity index is 378. The van der Waals surface area contributed by atoms with Crippen LogP contribution in [0, 0.1) is 5.95 Å². The second-order valence-electron chi connectivity index (χ2n) is 4.13. The molecular formula is C11H14FN3. The average molecular weight is 207 g/mol. The summed E-state index contributed by atoms with van der Waals surface area (Å²) in [5.74, 6) is 0.0581. The Morgan fingerprint density at radius 2 is 2.27 bits per heavy atom. The Balaban J connectivity index is 2.10. The summed E-state index contributed by atoms with van der Waals surface area (Å²) in [6.07, 6.45) is 8.59. The number of hydrogen-bond donors (Lipinski definition) is 1. The molecule has 0 amide bonds. The predicted molar refractivity (Wildman–Crippen MR) is 57.0 cm³/mol. The molecule has 0 spiro atoms. The molecule has 4 heteroatoms. The van der Waals surface area contributed by atoms with E-state index in [-0.39, 0.29) is 5.54 Å². The van der Waals surface area contributed by atoms with E-state index in [0.717, 1.165) is 19.3 Å². The van der Waals surface area contributed by atoms with E-state index >= 15 is 0 Å². The molecule has 1 N–H and O–H groups in total. The number of rotatable bonds is 2. The number of nitrogens with one attached hydrogen (secondary N) is 1. The first-order chi connectivity index (χ1) is 7.18. The van der Waals surface area contributed by atoms with Crippen molar-refractivity contribution in [1.29, 1.82) is 0 Å². The molecule has 1 aliphatic carbocycles. The number of anilines is 1. The summed E-state index contributed by atoms with van der Waals surface area (Å²) in [4.78, 5) is 7.42. The molecule has 0 fully saturated rings. The molecule has 1 aromatic heterocycles. The maximum Gasteiger partial charge on any atom is 0.217 e. The summed E-state index contributed by atoms with van der Waals surface area (Å²) in [6, 6.07) is 1.32. The van der Waals surface area contributed by atoms with Gasteiger partial charge < -0.3 is 5.32 Å². The van der Waals surface area contributed by atoms with Gasteiger partial charge >= 0.3 is 0 Å². The maximum absolute atomic E-state index is 12.8. The fraction of sp³-hybridized carbons (Fsp3) is 0.455. The number of hydrogen-bond acceptors (Lipinski definition) is 3. The van der Waals surface area contributed by atoms with Gasteiger partial charge in [0.2, 0.25) is 5.95 Å². The minimum absolute atomic E-state index is 0.0183. The van der Waals surface area contributed by atoms with E-state index in [1.165, 1.54) is 12.4 Å². The van der Waals surface area contributed by atoms with Gasteiger partial charge in [-0.2, -0.15) is 4.39 Å². The van der Waals surface area contributed by atoms with Crippen molar-refractivity contribution in [1.82, 2.24) is 9.97 Å². The first kappa shape index (κ1) is 10.1. The van der Waals surface area contributed by atoms with Crippen molar-refractivity contribution in [2.45, 2.75) is 31.7 Å². The molecule has 0 aromatic carbocycles. The van der Waals surface area contributed by atoms with Gasteiger partial charge in [0.05, 0.1) is 0 Å². The van der Waals surface area contributed by atoms with Crippen molar-refractivity contribution >= 4 is 5.82 Å². The van der Waals surface area contributed by atoms with Gasteiger partial charge in [0.1, 0.15) is 12.1 Å². The molecule has 15 heavy (non-hydrogen) atoms. The highest BCUT2D eigenvalue weighted by Crippen LogP contribution is 2.26. The summed E-state index contributed by atoms with van der Waals surface area (Å²) < 4.78 is 12.8. The van der Waals surface area contributed by atoms with Crippen LogP contribution in [0.2, 0.25) is 0 Å². The zero-order valence-electron chi connectivity index (χ0n) is 8.70. The van der Waals surface area contributed by atoms with Gasteiger partial charge in [-0.05, 0) is 26.2 Å². The monoisotopic (exact) mass is 207 g/mol. The highest BCUT2D eigenvalue weighted by atomic mass is 19.1. The topological polar surface area (TPSA) is 37.8 Å². The van der Waals surface area contributed by atoms with Gasteiger partial charge in [0.15, 0.2) is 0 Å². The third-order valence-electron chi connectivity index (χ3n) is 2.66. The van der Waals surface area contributed by atoms with E-state index in [1.54, 1.807) is 0 Å². The zero-order chi connectivity index (χ0) is 10.7. The lowest BCUT2D eigenvalue weighted by Crippen LogP contribution is -2.35. The highest BCUT2D eigenvalue weighted by molar-refractivity contribution is 5.36. The van der Waals surface area contributed by atoms with Gasteiger partial charge in [-0.1, -0.05) is 12.2 Å². The molecule has 0 bridgehead atoms. The summed E-state index contributed by atoms with van der Waals surface area (Å²) in [6.45, 7) is 2.12. The Morgan fingerprint density at radius 1 is 1.40 bits per heavy atom. The Kier molecular flexibility index (Phi) is 2.66. The Labute approximate surface area is 88.4 Å². The maximum atomic E-state index is 12.8. The van der Waals surface area contributed by atoms with Crippen LogP contribution < -0.4 is 5.32 Å². The third-order valence-corrected chi connectivity index (χ3v) is 2.66. The molecule has 0 radical (unpaired) electrons. The molecule has 1 aliphatic rings. The average Bonchev–Trinajstić information content (AvgIpc) is 2.18. The van der Waals surface area contributed by atoms with Crippen molar-refractivity contribution in [3.05, 3.63) is 30.5 Å². The summed E-state index contributed by atoms with van der Waals surface area (Å²) in [7, 11) is 0. The number of halogens is 1. The summed E-state index contributed by atoms with van der Waals surface area (Å²) >= 11 is 0. The molecule has 3 nitrogen and oxygen atoms in total. The van der Waals surface area contributed by atoms with E-state index in [4.69, 9.17) is 0 Å². The minimum atomic E-state index is -0.498. The molecule has 0 aliphatic heterocycles. The normalized spacial score (nSPS) is 25.2.